The van der Waals surface area contributed by atoms with Gasteiger partial charge in [-0.15, -0.1) is 0 Å². The maximum absolute atomic E-state index is 13.7. The number of aryl methyl sites for hydroxylation is 1. The highest BCUT2D eigenvalue weighted by molar-refractivity contribution is 7.92. The first-order valence-corrected chi connectivity index (χ1v) is 10.3. The lowest BCUT2D eigenvalue weighted by Gasteiger charge is -2.11. The molecule has 160 valence electrons. The molecule has 0 saturated heterocycles. The summed E-state index contributed by atoms with van der Waals surface area (Å²) >= 11 is 0. The number of benzene rings is 3. The van der Waals surface area contributed by atoms with Crippen molar-refractivity contribution in [3.8, 4) is 0 Å². The van der Waals surface area contributed by atoms with Gasteiger partial charge >= 0.3 is 0 Å². The van der Waals surface area contributed by atoms with E-state index in [-0.39, 0.29) is 27.4 Å². The summed E-state index contributed by atoms with van der Waals surface area (Å²) in [6.45, 7) is 1.51. The molecule has 0 radical (unpaired) electrons. The quantitative estimate of drug-likeness (QED) is 0.539. The number of rotatable bonds is 6. The first-order chi connectivity index (χ1) is 14.6. The molecule has 0 spiro atoms. The van der Waals surface area contributed by atoms with Crippen molar-refractivity contribution in [2.45, 2.75) is 11.8 Å². The number of carbonyl (C=O) groups excluding carboxylic acids is 2. The number of hydrogen-bond donors (Lipinski definition) is 3. The van der Waals surface area contributed by atoms with Crippen LogP contribution in [0.1, 0.15) is 26.3 Å². The smallest absolute Gasteiger partial charge is 0.261 e. The third kappa shape index (κ3) is 5.04. The van der Waals surface area contributed by atoms with E-state index in [0.29, 0.717) is 5.56 Å². The van der Waals surface area contributed by atoms with Crippen LogP contribution in [0.15, 0.2) is 65.6 Å². The van der Waals surface area contributed by atoms with Gasteiger partial charge in [0.2, 0.25) is 0 Å². The zero-order valence-electron chi connectivity index (χ0n) is 16.1. The Bertz CT molecular complexity index is 1290. The first-order valence-electron chi connectivity index (χ1n) is 8.86. The van der Waals surface area contributed by atoms with Gasteiger partial charge in [0.15, 0.2) is 0 Å². The largest absolute Gasteiger partial charge is 0.366 e. The van der Waals surface area contributed by atoms with Crippen molar-refractivity contribution >= 4 is 33.2 Å². The first kappa shape index (κ1) is 21.9. The number of primary amides is 1. The number of sulfonamides is 1. The fourth-order valence-electron chi connectivity index (χ4n) is 2.67. The van der Waals surface area contributed by atoms with Crippen LogP contribution in [-0.2, 0) is 10.0 Å². The minimum atomic E-state index is -4.09. The monoisotopic (exact) mass is 445 g/mol. The second kappa shape index (κ2) is 8.52. The number of carbonyl (C=O) groups is 2. The van der Waals surface area contributed by atoms with E-state index in [1.54, 1.807) is 0 Å². The van der Waals surface area contributed by atoms with E-state index >= 15 is 0 Å². The molecule has 0 bridgehead atoms. The summed E-state index contributed by atoms with van der Waals surface area (Å²) < 4.78 is 54.6. The van der Waals surface area contributed by atoms with Gasteiger partial charge in [0.25, 0.3) is 21.8 Å². The fourth-order valence-corrected chi connectivity index (χ4v) is 3.73. The van der Waals surface area contributed by atoms with Crippen molar-refractivity contribution in [2.24, 2.45) is 5.73 Å². The average Bonchev–Trinajstić information content (AvgIpc) is 2.71. The molecule has 0 aliphatic heterocycles. The van der Waals surface area contributed by atoms with Gasteiger partial charge in [0.05, 0.1) is 10.5 Å². The molecule has 0 fully saturated rings. The molecular weight excluding hydrogens is 428 g/mol. The highest BCUT2D eigenvalue weighted by Gasteiger charge is 2.17. The molecule has 7 nitrogen and oxygen atoms in total. The summed E-state index contributed by atoms with van der Waals surface area (Å²) in [4.78, 5) is 23.5. The summed E-state index contributed by atoms with van der Waals surface area (Å²) in [7, 11) is -4.09. The number of hydrogen-bond acceptors (Lipinski definition) is 4. The number of nitrogens with one attached hydrogen (secondary N) is 2. The average molecular weight is 445 g/mol. The molecule has 0 aliphatic carbocycles. The molecule has 2 amide bonds. The molecule has 3 aromatic rings. The van der Waals surface area contributed by atoms with Gasteiger partial charge in [-0.25, -0.2) is 17.2 Å². The molecule has 0 aliphatic rings. The molecule has 3 aromatic carbocycles. The second-order valence-corrected chi connectivity index (χ2v) is 8.29. The molecule has 0 heterocycles. The maximum Gasteiger partial charge on any atom is 0.261 e. The van der Waals surface area contributed by atoms with Crippen LogP contribution >= 0.6 is 0 Å². The summed E-state index contributed by atoms with van der Waals surface area (Å²) in [6.07, 6.45) is 0. The van der Waals surface area contributed by atoms with Gasteiger partial charge in [0, 0.05) is 16.9 Å². The van der Waals surface area contributed by atoms with E-state index in [0.717, 1.165) is 18.2 Å². The summed E-state index contributed by atoms with van der Waals surface area (Å²) in [5.74, 6) is -3.11. The van der Waals surface area contributed by atoms with Crippen LogP contribution in [0.2, 0.25) is 0 Å². The van der Waals surface area contributed by atoms with Crippen molar-refractivity contribution < 1.29 is 26.8 Å². The topological polar surface area (TPSA) is 118 Å². The number of amides is 2. The molecule has 0 aromatic heterocycles. The summed E-state index contributed by atoms with van der Waals surface area (Å²) in [6, 6.07) is 12.4. The predicted molar refractivity (Wildman–Crippen MR) is 111 cm³/mol. The van der Waals surface area contributed by atoms with Crippen LogP contribution < -0.4 is 15.8 Å². The molecule has 3 rings (SSSR count). The predicted octanol–water partition coefficient (Wildman–Crippen LogP) is 3.43. The SMILES string of the molecule is Cc1ccc(S(=O)(=O)Nc2cccc(C(=O)Nc3ccc(F)c(C(N)=O)c3)c2)cc1F. The Morgan fingerprint density at radius 2 is 1.65 bits per heavy atom. The van der Waals surface area contributed by atoms with Crippen LogP contribution in [0, 0.1) is 18.6 Å². The van der Waals surface area contributed by atoms with E-state index in [2.05, 4.69) is 10.0 Å². The van der Waals surface area contributed by atoms with E-state index in [1.807, 2.05) is 0 Å². The van der Waals surface area contributed by atoms with Crippen LogP contribution in [-0.4, -0.2) is 20.2 Å². The Morgan fingerprint density at radius 1 is 0.903 bits per heavy atom. The normalized spacial score (nSPS) is 11.1. The molecule has 4 N–H and O–H groups in total. The lowest BCUT2D eigenvalue weighted by Crippen LogP contribution is -2.17. The lowest BCUT2D eigenvalue weighted by atomic mass is 10.1. The molecule has 31 heavy (non-hydrogen) atoms. The van der Waals surface area contributed by atoms with Gasteiger partial charge in [0.1, 0.15) is 11.6 Å². The van der Waals surface area contributed by atoms with Crippen LogP contribution in [0.4, 0.5) is 20.2 Å². The Labute approximate surface area is 176 Å². The van der Waals surface area contributed by atoms with E-state index in [1.165, 1.54) is 49.4 Å². The number of nitrogens with two attached hydrogens (primary N) is 1. The van der Waals surface area contributed by atoms with Crippen LogP contribution in [0.3, 0.4) is 0 Å². The highest BCUT2D eigenvalue weighted by atomic mass is 32.2. The Morgan fingerprint density at radius 3 is 2.32 bits per heavy atom. The third-order valence-electron chi connectivity index (χ3n) is 4.32. The standard InChI is InChI=1S/C21H17F2N3O4S/c1-12-5-7-16(11-19(12)23)31(29,30)26-15-4-2-3-13(9-15)21(28)25-14-6-8-18(22)17(10-14)20(24)27/h2-11,26H,1H3,(H2,24,27)(H,25,28). The van der Waals surface area contributed by atoms with Gasteiger partial charge < -0.3 is 11.1 Å². The van der Waals surface area contributed by atoms with Gasteiger partial charge in [-0.2, -0.15) is 0 Å². The van der Waals surface area contributed by atoms with E-state index in [9.17, 15) is 26.8 Å². The fraction of sp³-hybridized carbons (Fsp3) is 0.0476. The zero-order chi connectivity index (χ0) is 22.8. The Hall–Kier alpha value is -3.79. The molecule has 0 atom stereocenters. The van der Waals surface area contributed by atoms with Crippen molar-refractivity contribution in [3.63, 3.8) is 0 Å². The van der Waals surface area contributed by atoms with Gasteiger partial charge in [-0.3, -0.25) is 14.3 Å². The summed E-state index contributed by atoms with van der Waals surface area (Å²) in [5.41, 5.74) is 5.29. The maximum atomic E-state index is 13.7. The van der Waals surface area contributed by atoms with Crippen molar-refractivity contribution in [1.82, 2.24) is 0 Å². The van der Waals surface area contributed by atoms with Crippen LogP contribution in [0.5, 0.6) is 0 Å². The van der Waals surface area contributed by atoms with Crippen molar-refractivity contribution in [1.29, 1.82) is 0 Å². The molecule has 0 unspecified atom stereocenters. The minimum Gasteiger partial charge on any atom is -0.366 e. The van der Waals surface area contributed by atoms with Crippen LogP contribution in [0.25, 0.3) is 0 Å². The lowest BCUT2D eigenvalue weighted by molar-refractivity contribution is 0.0992. The highest BCUT2D eigenvalue weighted by Crippen LogP contribution is 2.21. The Balaban J connectivity index is 1.81. The minimum absolute atomic E-state index is 0.0746. The van der Waals surface area contributed by atoms with E-state index < -0.39 is 33.5 Å². The number of halogens is 2. The third-order valence-corrected chi connectivity index (χ3v) is 5.70. The zero-order valence-corrected chi connectivity index (χ0v) is 17.0. The summed E-state index contributed by atoms with van der Waals surface area (Å²) in [5, 5.41) is 2.48. The molecule has 0 saturated carbocycles. The van der Waals surface area contributed by atoms with Gasteiger partial charge in [-0.05, 0) is 61.0 Å². The molecular formula is C21H17F2N3O4S. The van der Waals surface area contributed by atoms with Crippen molar-refractivity contribution in [2.75, 3.05) is 10.0 Å². The van der Waals surface area contributed by atoms with Gasteiger partial charge in [-0.1, -0.05) is 12.1 Å². The van der Waals surface area contributed by atoms with Crippen molar-refractivity contribution in [3.05, 3.63) is 89.0 Å². The number of anilines is 2. The van der Waals surface area contributed by atoms with E-state index in [4.69, 9.17) is 5.73 Å². The molecule has 10 heteroatoms. The second-order valence-electron chi connectivity index (χ2n) is 6.61. The Kier molecular flexibility index (Phi) is 6.02.